The molecular weight excluding hydrogens is 274 g/mol. The standard InChI is InChI=1S/C14H13N3O2S/c1-19-12-7-8-20-14(12)13(18)11-9-15-16-17(11)10-5-3-2-4-6-10/h2-9,13,18H,1H3. The summed E-state index contributed by atoms with van der Waals surface area (Å²) in [7, 11) is 1.59. The molecule has 5 nitrogen and oxygen atoms in total. The van der Waals surface area contributed by atoms with Crippen LogP contribution in [0, 0.1) is 0 Å². The normalized spacial score (nSPS) is 12.3. The van der Waals surface area contributed by atoms with Crippen LogP contribution in [0.15, 0.2) is 48.0 Å². The molecule has 0 aliphatic heterocycles. The van der Waals surface area contributed by atoms with Gasteiger partial charge in [0.1, 0.15) is 11.9 Å². The highest BCUT2D eigenvalue weighted by molar-refractivity contribution is 7.10. The van der Waals surface area contributed by atoms with Gasteiger partial charge in [-0.05, 0) is 23.6 Å². The van der Waals surface area contributed by atoms with Gasteiger partial charge in [-0.2, -0.15) is 0 Å². The highest BCUT2D eigenvalue weighted by Crippen LogP contribution is 2.34. The fourth-order valence-electron chi connectivity index (χ4n) is 2.01. The number of hydrogen-bond acceptors (Lipinski definition) is 5. The molecule has 0 spiro atoms. The smallest absolute Gasteiger partial charge is 0.135 e. The van der Waals surface area contributed by atoms with Gasteiger partial charge in [-0.15, -0.1) is 16.4 Å². The molecule has 1 aromatic carbocycles. The summed E-state index contributed by atoms with van der Waals surface area (Å²) in [6.07, 6.45) is 0.747. The van der Waals surface area contributed by atoms with E-state index in [-0.39, 0.29) is 0 Å². The van der Waals surface area contributed by atoms with Crippen LogP contribution in [0.3, 0.4) is 0 Å². The summed E-state index contributed by atoms with van der Waals surface area (Å²) in [6.45, 7) is 0. The molecule has 0 aliphatic carbocycles. The van der Waals surface area contributed by atoms with Crippen LogP contribution in [0.1, 0.15) is 16.7 Å². The number of benzene rings is 1. The fourth-order valence-corrected chi connectivity index (χ4v) is 2.87. The lowest BCUT2D eigenvalue weighted by Crippen LogP contribution is -2.08. The van der Waals surface area contributed by atoms with Crippen LogP contribution in [0.2, 0.25) is 0 Å². The topological polar surface area (TPSA) is 60.2 Å². The van der Waals surface area contributed by atoms with Gasteiger partial charge in [-0.3, -0.25) is 0 Å². The second-order valence-electron chi connectivity index (χ2n) is 4.16. The minimum atomic E-state index is -0.819. The number of methoxy groups -OCH3 is 1. The van der Waals surface area contributed by atoms with Crippen molar-refractivity contribution in [2.75, 3.05) is 7.11 Å². The average Bonchev–Trinajstić information content (AvgIpc) is 3.16. The molecule has 102 valence electrons. The third-order valence-corrected chi connectivity index (χ3v) is 3.93. The van der Waals surface area contributed by atoms with E-state index in [1.54, 1.807) is 18.0 Å². The molecule has 20 heavy (non-hydrogen) atoms. The number of nitrogens with zero attached hydrogens (tertiary/aromatic N) is 3. The highest BCUT2D eigenvalue weighted by atomic mass is 32.1. The molecule has 1 N–H and O–H groups in total. The quantitative estimate of drug-likeness (QED) is 0.800. The van der Waals surface area contributed by atoms with Crippen molar-refractivity contribution in [3.8, 4) is 11.4 Å². The van der Waals surface area contributed by atoms with Gasteiger partial charge in [-0.1, -0.05) is 23.4 Å². The van der Waals surface area contributed by atoms with Crippen LogP contribution in [0.5, 0.6) is 5.75 Å². The zero-order chi connectivity index (χ0) is 13.9. The Bertz CT molecular complexity index is 693. The van der Waals surface area contributed by atoms with Gasteiger partial charge in [0, 0.05) is 0 Å². The number of aliphatic hydroxyl groups is 1. The molecule has 0 bridgehead atoms. The molecule has 1 atom stereocenters. The number of para-hydroxylation sites is 1. The SMILES string of the molecule is COc1ccsc1C(O)c1cnnn1-c1ccccc1. The molecule has 3 rings (SSSR count). The molecule has 0 saturated carbocycles. The van der Waals surface area contributed by atoms with Crippen LogP contribution in [-0.2, 0) is 0 Å². The van der Waals surface area contributed by atoms with Gasteiger partial charge >= 0.3 is 0 Å². The van der Waals surface area contributed by atoms with E-state index < -0.39 is 6.10 Å². The van der Waals surface area contributed by atoms with Crippen LogP contribution >= 0.6 is 11.3 Å². The Morgan fingerprint density at radius 2 is 2.05 bits per heavy atom. The predicted molar refractivity (Wildman–Crippen MR) is 76.3 cm³/mol. The summed E-state index contributed by atoms with van der Waals surface area (Å²) in [5.41, 5.74) is 1.46. The Kier molecular flexibility index (Phi) is 3.49. The molecular formula is C14H13N3O2S. The first kappa shape index (κ1) is 12.8. The second kappa shape index (κ2) is 5.44. The predicted octanol–water partition coefficient (Wildman–Crippen LogP) is 2.42. The van der Waals surface area contributed by atoms with E-state index in [0.29, 0.717) is 11.4 Å². The number of aromatic nitrogens is 3. The Hall–Kier alpha value is -2.18. The molecule has 0 saturated heterocycles. The van der Waals surface area contributed by atoms with Crippen molar-refractivity contribution in [3.05, 3.63) is 58.5 Å². The largest absolute Gasteiger partial charge is 0.495 e. The van der Waals surface area contributed by atoms with Crippen LogP contribution in [-0.4, -0.2) is 27.2 Å². The summed E-state index contributed by atoms with van der Waals surface area (Å²) in [6, 6.07) is 11.4. The molecule has 0 amide bonds. The number of ether oxygens (including phenoxy) is 1. The van der Waals surface area contributed by atoms with Gasteiger partial charge in [-0.25, -0.2) is 4.68 Å². The lowest BCUT2D eigenvalue weighted by atomic mass is 10.2. The maximum Gasteiger partial charge on any atom is 0.135 e. The van der Waals surface area contributed by atoms with Crippen molar-refractivity contribution in [2.45, 2.75) is 6.10 Å². The van der Waals surface area contributed by atoms with Crippen molar-refractivity contribution in [1.29, 1.82) is 0 Å². The van der Waals surface area contributed by atoms with Crippen molar-refractivity contribution in [1.82, 2.24) is 15.0 Å². The van der Waals surface area contributed by atoms with Gasteiger partial charge < -0.3 is 9.84 Å². The van der Waals surface area contributed by atoms with E-state index in [9.17, 15) is 5.11 Å². The molecule has 2 heterocycles. The Balaban J connectivity index is 2.02. The highest BCUT2D eigenvalue weighted by Gasteiger charge is 2.21. The van der Waals surface area contributed by atoms with Gasteiger partial charge in [0.2, 0.25) is 0 Å². The third kappa shape index (κ3) is 2.19. The zero-order valence-electron chi connectivity index (χ0n) is 10.8. The van der Waals surface area contributed by atoms with E-state index >= 15 is 0 Å². The van der Waals surface area contributed by atoms with Crippen LogP contribution in [0.25, 0.3) is 5.69 Å². The number of rotatable bonds is 4. The molecule has 1 unspecified atom stereocenters. The average molecular weight is 287 g/mol. The summed E-state index contributed by atoms with van der Waals surface area (Å²) in [5.74, 6) is 0.670. The molecule has 0 aliphatic rings. The summed E-state index contributed by atoms with van der Waals surface area (Å²) >= 11 is 1.44. The van der Waals surface area contributed by atoms with E-state index in [1.165, 1.54) is 11.3 Å². The van der Waals surface area contributed by atoms with Gasteiger partial charge in [0.15, 0.2) is 0 Å². The number of hydrogen-bond donors (Lipinski definition) is 1. The maximum absolute atomic E-state index is 10.6. The number of thiophene rings is 1. The molecule has 3 aromatic rings. The maximum atomic E-state index is 10.6. The first-order valence-corrected chi connectivity index (χ1v) is 6.94. The lowest BCUT2D eigenvalue weighted by Gasteiger charge is -2.12. The third-order valence-electron chi connectivity index (χ3n) is 2.98. The van der Waals surface area contributed by atoms with E-state index in [4.69, 9.17) is 4.74 Å². The lowest BCUT2D eigenvalue weighted by molar-refractivity contribution is 0.211. The minimum absolute atomic E-state index is 0.608. The fraction of sp³-hybridized carbons (Fsp3) is 0.143. The van der Waals surface area contributed by atoms with E-state index in [2.05, 4.69) is 10.3 Å². The molecule has 0 radical (unpaired) electrons. The molecule has 0 fully saturated rings. The minimum Gasteiger partial charge on any atom is -0.495 e. The summed E-state index contributed by atoms with van der Waals surface area (Å²) < 4.78 is 6.88. The molecule has 2 aromatic heterocycles. The second-order valence-corrected chi connectivity index (χ2v) is 5.11. The van der Waals surface area contributed by atoms with Crippen molar-refractivity contribution in [3.63, 3.8) is 0 Å². The Morgan fingerprint density at radius 1 is 1.25 bits per heavy atom. The Morgan fingerprint density at radius 3 is 2.80 bits per heavy atom. The summed E-state index contributed by atoms with van der Waals surface area (Å²) in [4.78, 5) is 0.743. The monoisotopic (exact) mass is 287 g/mol. The van der Waals surface area contributed by atoms with Gasteiger partial charge in [0.05, 0.1) is 29.6 Å². The summed E-state index contributed by atoms with van der Waals surface area (Å²) in [5, 5.41) is 20.4. The van der Waals surface area contributed by atoms with Crippen LogP contribution in [0.4, 0.5) is 0 Å². The first-order chi connectivity index (χ1) is 9.81. The molecule has 6 heteroatoms. The Labute approximate surface area is 120 Å². The van der Waals surface area contributed by atoms with Crippen LogP contribution < -0.4 is 4.74 Å². The van der Waals surface area contributed by atoms with Crippen molar-refractivity contribution in [2.24, 2.45) is 0 Å². The van der Waals surface area contributed by atoms with E-state index in [0.717, 1.165) is 10.6 Å². The first-order valence-electron chi connectivity index (χ1n) is 6.06. The van der Waals surface area contributed by atoms with Crippen molar-refractivity contribution >= 4 is 11.3 Å². The van der Waals surface area contributed by atoms with E-state index in [1.807, 2.05) is 41.8 Å². The zero-order valence-corrected chi connectivity index (χ0v) is 11.6. The number of aliphatic hydroxyl groups excluding tert-OH is 1. The van der Waals surface area contributed by atoms with Gasteiger partial charge in [0.25, 0.3) is 0 Å². The van der Waals surface area contributed by atoms with Crippen molar-refractivity contribution < 1.29 is 9.84 Å².